The van der Waals surface area contributed by atoms with Crippen molar-refractivity contribution in [3.63, 3.8) is 0 Å². The molecule has 0 saturated carbocycles. The molecule has 2 aliphatic rings. The minimum absolute atomic E-state index is 0.227. The van der Waals surface area contributed by atoms with E-state index >= 15 is 0 Å². The molecule has 0 radical (unpaired) electrons. The average Bonchev–Trinajstić information content (AvgIpc) is 2.87. The minimum atomic E-state index is -0.817. The molecule has 3 rings (SSSR count). The van der Waals surface area contributed by atoms with Crippen LogP contribution in [0.25, 0.3) is 0 Å². The maximum Gasteiger partial charge on any atom is 0.407 e. The monoisotopic (exact) mass is 304 g/mol. The van der Waals surface area contributed by atoms with Crippen LogP contribution < -0.4 is 0 Å². The van der Waals surface area contributed by atoms with Crippen molar-refractivity contribution in [3.8, 4) is 11.8 Å². The lowest BCUT2D eigenvalue weighted by Crippen LogP contribution is -2.53. The molecule has 0 spiro atoms. The largest absolute Gasteiger partial charge is 0.465 e. The molecule has 4 nitrogen and oxygen atoms in total. The van der Waals surface area contributed by atoms with E-state index in [2.05, 4.69) is 16.7 Å². The first-order chi connectivity index (χ1) is 10.1. The predicted octanol–water partition coefficient (Wildman–Crippen LogP) is 2.52. The number of benzene rings is 1. The molecule has 5 heteroatoms. The second-order valence-corrected chi connectivity index (χ2v) is 5.93. The lowest BCUT2D eigenvalue weighted by Gasteiger charge is -2.37. The van der Waals surface area contributed by atoms with Crippen molar-refractivity contribution in [2.75, 3.05) is 19.6 Å². The average molecular weight is 305 g/mol. The summed E-state index contributed by atoms with van der Waals surface area (Å²) < 4.78 is 0. The van der Waals surface area contributed by atoms with Crippen molar-refractivity contribution in [1.29, 1.82) is 0 Å². The van der Waals surface area contributed by atoms with Crippen molar-refractivity contribution in [2.24, 2.45) is 0 Å². The molecule has 1 aromatic rings. The number of carboxylic acid groups (broad SMARTS) is 1. The van der Waals surface area contributed by atoms with Gasteiger partial charge in [0.15, 0.2) is 0 Å². The maximum absolute atomic E-state index is 11.0. The van der Waals surface area contributed by atoms with Crippen molar-refractivity contribution < 1.29 is 9.90 Å². The summed E-state index contributed by atoms with van der Waals surface area (Å²) in [6.45, 7) is 1.94. The lowest BCUT2D eigenvalue weighted by atomic mass is 10.1. The normalized spacial score (nSPS) is 25.1. The van der Waals surface area contributed by atoms with Crippen molar-refractivity contribution in [1.82, 2.24) is 9.80 Å². The molecule has 1 amide bonds. The van der Waals surface area contributed by atoms with Crippen LogP contribution in [-0.2, 0) is 0 Å². The molecule has 2 atom stereocenters. The number of hydrogen-bond donors (Lipinski definition) is 1. The highest BCUT2D eigenvalue weighted by atomic mass is 35.5. The van der Waals surface area contributed by atoms with Gasteiger partial charge >= 0.3 is 6.09 Å². The van der Waals surface area contributed by atoms with Crippen LogP contribution >= 0.6 is 11.6 Å². The number of hydrogen-bond acceptors (Lipinski definition) is 2. The zero-order chi connectivity index (χ0) is 14.8. The topological polar surface area (TPSA) is 43.8 Å². The van der Waals surface area contributed by atoms with Gasteiger partial charge in [-0.3, -0.25) is 4.90 Å². The third kappa shape index (κ3) is 3.15. The molecule has 2 saturated heterocycles. The number of carbonyl (C=O) groups is 1. The number of nitrogens with zero attached hydrogens (tertiary/aromatic N) is 2. The summed E-state index contributed by atoms with van der Waals surface area (Å²) in [4.78, 5) is 14.9. The standard InChI is InChI=1S/C16H17ClN2O2/c17-13-3-1-2-12(10-13)4-5-14-6-7-15-11-18(16(20)21)8-9-19(14)15/h1-3,10,14-15H,6-9,11H2,(H,20,21)/t14-,15-/m0/s1. The second-order valence-electron chi connectivity index (χ2n) is 5.49. The van der Waals surface area contributed by atoms with Crippen LogP contribution in [0, 0.1) is 11.8 Å². The minimum Gasteiger partial charge on any atom is -0.465 e. The molecule has 2 heterocycles. The van der Waals surface area contributed by atoms with E-state index in [1.165, 1.54) is 4.90 Å². The molecule has 0 aromatic heterocycles. The molecule has 0 unspecified atom stereocenters. The summed E-state index contributed by atoms with van der Waals surface area (Å²) in [5.74, 6) is 6.51. The Kier molecular flexibility index (Phi) is 4.05. The van der Waals surface area contributed by atoms with Gasteiger partial charge < -0.3 is 10.0 Å². The van der Waals surface area contributed by atoms with E-state index in [4.69, 9.17) is 16.7 Å². The van der Waals surface area contributed by atoms with E-state index in [0.717, 1.165) is 24.9 Å². The fraction of sp³-hybridized carbons (Fsp3) is 0.438. The number of fused-ring (bicyclic) bond motifs is 1. The van der Waals surface area contributed by atoms with E-state index < -0.39 is 6.09 Å². The van der Waals surface area contributed by atoms with E-state index in [-0.39, 0.29) is 6.04 Å². The molecule has 110 valence electrons. The molecular formula is C16H17ClN2O2. The van der Waals surface area contributed by atoms with Gasteiger partial charge in [0.1, 0.15) is 0 Å². The Hall–Kier alpha value is -1.70. The Bertz CT molecular complexity index is 608. The number of halogens is 1. The SMILES string of the molecule is O=C(O)N1CCN2[C@@H](CC[C@@H]2C#Cc2cccc(Cl)c2)C1. The molecule has 0 bridgehead atoms. The first-order valence-electron chi connectivity index (χ1n) is 7.14. The van der Waals surface area contributed by atoms with Crippen molar-refractivity contribution in [2.45, 2.75) is 24.9 Å². The Morgan fingerprint density at radius 1 is 1.33 bits per heavy atom. The van der Waals surface area contributed by atoms with Gasteiger partial charge in [-0.25, -0.2) is 4.79 Å². The van der Waals surface area contributed by atoms with Crippen LogP contribution in [0.2, 0.25) is 5.02 Å². The van der Waals surface area contributed by atoms with Gasteiger partial charge in [-0.2, -0.15) is 0 Å². The van der Waals surface area contributed by atoms with E-state index in [0.29, 0.717) is 24.2 Å². The number of piperazine rings is 1. The Morgan fingerprint density at radius 2 is 2.19 bits per heavy atom. The molecular weight excluding hydrogens is 288 g/mol. The molecule has 2 fully saturated rings. The Morgan fingerprint density at radius 3 is 2.95 bits per heavy atom. The predicted molar refractivity (Wildman–Crippen MR) is 81.4 cm³/mol. The Labute approximate surface area is 129 Å². The maximum atomic E-state index is 11.0. The highest BCUT2D eigenvalue weighted by molar-refractivity contribution is 6.30. The molecule has 2 aliphatic heterocycles. The summed E-state index contributed by atoms with van der Waals surface area (Å²) in [5.41, 5.74) is 0.926. The van der Waals surface area contributed by atoms with Crippen LogP contribution in [-0.4, -0.2) is 52.7 Å². The van der Waals surface area contributed by atoms with Gasteiger partial charge in [-0.05, 0) is 31.0 Å². The molecule has 1 N–H and O–H groups in total. The smallest absolute Gasteiger partial charge is 0.407 e. The van der Waals surface area contributed by atoms with E-state index in [1.807, 2.05) is 24.3 Å². The van der Waals surface area contributed by atoms with Gasteiger partial charge in [0, 0.05) is 36.3 Å². The van der Waals surface area contributed by atoms with Crippen LogP contribution in [0.15, 0.2) is 24.3 Å². The van der Waals surface area contributed by atoms with Crippen LogP contribution in [0.3, 0.4) is 0 Å². The lowest BCUT2D eigenvalue weighted by molar-refractivity contribution is 0.0807. The highest BCUT2D eigenvalue weighted by Crippen LogP contribution is 2.27. The number of amides is 1. The summed E-state index contributed by atoms with van der Waals surface area (Å²) in [6.07, 6.45) is 1.20. The van der Waals surface area contributed by atoms with Gasteiger partial charge in [0.2, 0.25) is 0 Å². The first-order valence-corrected chi connectivity index (χ1v) is 7.52. The number of rotatable bonds is 0. The zero-order valence-electron chi connectivity index (χ0n) is 11.6. The Balaban J connectivity index is 1.68. The summed E-state index contributed by atoms with van der Waals surface area (Å²) >= 11 is 5.96. The third-order valence-electron chi connectivity index (χ3n) is 4.18. The van der Waals surface area contributed by atoms with Crippen LogP contribution in [0.1, 0.15) is 18.4 Å². The summed E-state index contributed by atoms with van der Waals surface area (Å²) in [6, 6.07) is 8.09. The third-order valence-corrected chi connectivity index (χ3v) is 4.42. The second kappa shape index (κ2) is 5.97. The fourth-order valence-electron chi connectivity index (χ4n) is 3.11. The quantitative estimate of drug-likeness (QED) is 0.749. The highest BCUT2D eigenvalue weighted by Gasteiger charge is 2.37. The van der Waals surface area contributed by atoms with Gasteiger partial charge in [-0.15, -0.1) is 0 Å². The van der Waals surface area contributed by atoms with E-state index in [1.54, 1.807) is 0 Å². The van der Waals surface area contributed by atoms with Gasteiger partial charge in [0.25, 0.3) is 0 Å². The van der Waals surface area contributed by atoms with E-state index in [9.17, 15) is 4.79 Å². The molecule has 21 heavy (non-hydrogen) atoms. The summed E-state index contributed by atoms with van der Waals surface area (Å²) in [5, 5.41) is 9.76. The zero-order valence-corrected chi connectivity index (χ0v) is 12.4. The van der Waals surface area contributed by atoms with Gasteiger partial charge in [-0.1, -0.05) is 29.5 Å². The first kappa shape index (κ1) is 14.2. The van der Waals surface area contributed by atoms with Crippen LogP contribution in [0.5, 0.6) is 0 Å². The molecule has 0 aliphatic carbocycles. The molecule has 1 aromatic carbocycles. The summed E-state index contributed by atoms with van der Waals surface area (Å²) in [7, 11) is 0. The van der Waals surface area contributed by atoms with Crippen molar-refractivity contribution >= 4 is 17.7 Å². The fourth-order valence-corrected chi connectivity index (χ4v) is 3.30. The van der Waals surface area contributed by atoms with Crippen molar-refractivity contribution in [3.05, 3.63) is 34.9 Å². The van der Waals surface area contributed by atoms with Crippen LogP contribution in [0.4, 0.5) is 4.79 Å². The van der Waals surface area contributed by atoms with Gasteiger partial charge in [0.05, 0.1) is 6.04 Å².